The number of amides is 1. The van der Waals surface area contributed by atoms with Crippen molar-refractivity contribution in [2.45, 2.75) is 13.0 Å². The van der Waals surface area contributed by atoms with Gasteiger partial charge in [-0.1, -0.05) is 18.2 Å². The maximum absolute atomic E-state index is 12.3. The number of nitrogens with one attached hydrogen (secondary N) is 2. The monoisotopic (exact) mass is 332 g/mol. The summed E-state index contributed by atoms with van der Waals surface area (Å²) >= 11 is 0. The van der Waals surface area contributed by atoms with Gasteiger partial charge in [0.2, 0.25) is 11.3 Å². The van der Waals surface area contributed by atoms with Crippen molar-refractivity contribution < 1.29 is 4.79 Å². The maximum atomic E-state index is 12.3. The van der Waals surface area contributed by atoms with Gasteiger partial charge in [-0.05, 0) is 30.3 Å². The van der Waals surface area contributed by atoms with E-state index in [0.29, 0.717) is 11.9 Å². The summed E-state index contributed by atoms with van der Waals surface area (Å²) in [5.74, 6) is -0.0988. The number of carbonyl (C=O) groups is 1. The van der Waals surface area contributed by atoms with Gasteiger partial charge in [-0.25, -0.2) is 0 Å². The molecule has 0 spiro atoms. The molecule has 0 bridgehead atoms. The molecule has 124 valence electrons. The normalized spacial score (nSPS) is 11.0. The number of benzene rings is 2. The van der Waals surface area contributed by atoms with Gasteiger partial charge in [0.25, 0.3) is 0 Å². The van der Waals surface area contributed by atoms with Gasteiger partial charge in [-0.3, -0.25) is 14.3 Å². The molecule has 0 aliphatic carbocycles. The first kappa shape index (κ1) is 15.1. The van der Waals surface area contributed by atoms with Crippen molar-refractivity contribution in [3.63, 3.8) is 0 Å². The Morgan fingerprint density at radius 3 is 2.88 bits per heavy atom. The number of hydrogen-bond donors (Lipinski definition) is 2. The van der Waals surface area contributed by atoms with E-state index in [-0.39, 0.29) is 17.8 Å². The van der Waals surface area contributed by atoms with Gasteiger partial charge in [-0.15, -0.1) is 0 Å². The highest BCUT2D eigenvalue weighted by Crippen LogP contribution is 2.22. The molecule has 0 radical (unpaired) electrons. The number of H-pyrrole nitrogens is 1. The molecule has 2 N–H and O–H groups in total. The van der Waals surface area contributed by atoms with Crippen molar-refractivity contribution in [1.29, 1.82) is 0 Å². The van der Waals surface area contributed by atoms with Crippen LogP contribution in [0, 0.1) is 0 Å². The molecule has 2 aromatic carbocycles. The summed E-state index contributed by atoms with van der Waals surface area (Å²) in [4.78, 5) is 27.3. The van der Waals surface area contributed by atoms with Crippen LogP contribution in [0.4, 0.5) is 5.69 Å². The standard InChI is InChI=1S/C19H16N4O2/c24-18-12-21-23(17-7-2-1-4-14(17)18)11-9-19(25)22-16-6-3-5-15-13(16)8-10-20-15/h1-8,10,12,20H,9,11H2,(H,22,25). The number of nitrogens with zero attached hydrogens (tertiary/aromatic N) is 2. The summed E-state index contributed by atoms with van der Waals surface area (Å²) < 4.78 is 1.69. The van der Waals surface area contributed by atoms with Crippen LogP contribution in [0.3, 0.4) is 0 Å². The minimum Gasteiger partial charge on any atom is -0.361 e. The Morgan fingerprint density at radius 1 is 1.08 bits per heavy atom. The highest BCUT2D eigenvalue weighted by Gasteiger charge is 2.08. The first-order chi connectivity index (χ1) is 12.2. The van der Waals surface area contributed by atoms with E-state index < -0.39 is 0 Å². The van der Waals surface area contributed by atoms with Gasteiger partial charge in [-0.2, -0.15) is 5.10 Å². The molecule has 4 aromatic rings. The molecule has 0 saturated carbocycles. The molecule has 0 fully saturated rings. The van der Waals surface area contributed by atoms with Gasteiger partial charge in [0.15, 0.2) is 0 Å². The van der Waals surface area contributed by atoms with E-state index in [1.54, 1.807) is 10.7 Å². The van der Waals surface area contributed by atoms with Crippen LogP contribution in [0.2, 0.25) is 0 Å². The lowest BCUT2D eigenvalue weighted by molar-refractivity contribution is -0.116. The Bertz CT molecular complexity index is 1130. The fourth-order valence-corrected chi connectivity index (χ4v) is 2.95. The van der Waals surface area contributed by atoms with Crippen molar-refractivity contribution in [1.82, 2.24) is 14.8 Å². The third kappa shape index (κ3) is 2.89. The van der Waals surface area contributed by atoms with Crippen LogP contribution in [0.5, 0.6) is 0 Å². The number of aryl methyl sites for hydroxylation is 1. The fraction of sp³-hybridized carbons (Fsp3) is 0.105. The lowest BCUT2D eigenvalue weighted by Crippen LogP contribution is -2.18. The summed E-state index contributed by atoms with van der Waals surface area (Å²) in [6, 6.07) is 14.9. The third-order valence-electron chi connectivity index (χ3n) is 4.18. The smallest absolute Gasteiger partial charge is 0.226 e. The fourth-order valence-electron chi connectivity index (χ4n) is 2.95. The second-order valence-electron chi connectivity index (χ2n) is 5.79. The molecule has 25 heavy (non-hydrogen) atoms. The Labute approximate surface area is 143 Å². The van der Waals surface area contributed by atoms with E-state index in [2.05, 4.69) is 15.4 Å². The lowest BCUT2D eigenvalue weighted by Gasteiger charge is -2.10. The van der Waals surface area contributed by atoms with Gasteiger partial charge in [0.1, 0.15) is 0 Å². The van der Waals surface area contributed by atoms with E-state index in [9.17, 15) is 9.59 Å². The van der Waals surface area contributed by atoms with Gasteiger partial charge in [0.05, 0.1) is 23.9 Å². The number of hydrogen-bond acceptors (Lipinski definition) is 3. The van der Waals surface area contributed by atoms with E-state index in [0.717, 1.165) is 22.1 Å². The largest absolute Gasteiger partial charge is 0.361 e. The second-order valence-corrected chi connectivity index (χ2v) is 5.79. The highest BCUT2D eigenvalue weighted by molar-refractivity contribution is 6.01. The van der Waals surface area contributed by atoms with Crippen LogP contribution >= 0.6 is 0 Å². The number of aromatic amines is 1. The first-order valence-electron chi connectivity index (χ1n) is 8.03. The minimum atomic E-state index is -0.115. The number of carbonyl (C=O) groups excluding carboxylic acids is 1. The Kier molecular flexibility index (Phi) is 3.78. The van der Waals surface area contributed by atoms with E-state index in [1.807, 2.05) is 48.7 Å². The van der Waals surface area contributed by atoms with Crippen LogP contribution in [-0.4, -0.2) is 20.7 Å². The predicted molar refractivity (Wildman–Crippen MR) is 97.5 cm³/mol. The van der Waals surface area contributed by atoms with E-state index >= 15 is 0 Å². The molecule has 0 atom stereocenters. The average molecular weight is 332 g/mol. The topological polar surface area (TPSA) is 79.8 Å². The SMILES string of the molecule is O=C(CCn1ncc(=O)c2ccccc21)Nc1cccc2[nH]ccc12. The highest BCUT2D eigenvalue weighted by atomic mass is 16.1. The number of fused-ring (bicyclic) bond motifs is 2. The van der Waals surface area contributed by atoms with Crippen LogP contribution < -0.4 is 10.7 Å². The van der Waals surface area contributed by atoms with Crippen molar-refractivity contribution in [2.75, 3.05) is 5.32 Å². The molecule has 2 heterocycles. The molecule has 0 aliphatic heterocycles. The minimum absolute atomic E-state index is 0.0988. The maximum Gasteiger partial charge on any atom is 0.226 e. The number of para-hydroxylation sites is 1. The van der Waals surface area contributed by atoms with E-state index in [1.165, 1.54) is 6.20 Å². The van der Waals surface area contributed by atoms with Crippen LogP contribution in [-0.2, 0) is 11.3 Å². The zero-order chi connectivity index (χ0) is 17.2. The predicted octanol–water partition coefficient (Wildman–Crippen LogP) is 2.91. The molecular formula is C19H16N4O2. The molecule has 1 amide bonds. The zero-order valence-electron chi connectivity index (χ0n) is 13.4. The molecule has 6 heteroatoms. The second kappa shape index (κ2) is 6.24. The van der Waals surface area contributed by atoms with Crippen molar-refractivity contribution >= 4 is 33.4 Å². The zero-order valence-corrected chi connectivity index (χ0v) is 13.4. The van der Waals surface area contributed by atoms with Crippen molar-refractivity contribution in [2.24, 2.45) is 0 Å². The lowest BCUT2D eigenvalue weighted by atomic mass is 10.2. The molecule has 0 saturated heterocycles. The Morgan fingerprint density at radius 2 is 1.96 bits per heavy atom. The quantitative estimate of drug-likeness (QED) is 0.603. The molecule has 6 nitrogen and oxygen atoms in total. The summed E-state index contributed by atoms with van der Waals surface area (Å²) in [6.07, 6.45) is 3.40. The van der Waals surface area contributed by atoms with Crippen LogP contribution in [0.15, 0.2) is 65.7 Å². The molecule has 0 aliphatic rings. The summed E-state index contributed by atoms with van der Waals surface area (Å²) in [6.45, 7) is 0.399. The number of rotatable bonds is 4. The van der Waals surface area contributed by atoms with Crippen molar-refractivity contribution in [3.05, 3.63) is 71.1 Å². The van der Waals surface area contributed by atoms with Gasteiger partial charge < -0.3 is 10.3 Å². The molecule has 4 rings (SSSR count). The summed E-state index contributed by atoms with van der Waals surface area (Å²) in [7, 11) is 0. The number of aromatic nitrogens is 3. The molecular weight excluding hydrogens is 316 g/mol. The first-order valence-corrected chi connectivity index (χ1v) is 8.03. The van der Waals surface area contributed by atoms with E-state index in [4.69, 9.17) is 0 Å². The third-order valence-corrected chi connectivity index (χ3v) is 4.18. The van der Waals surface area contributed by atoms with Gasteiger partial charge >= 0.3 is 0 Å². The van der Waals surface area contributed by atoms with Crippen LogP contribution in [0.1, 0.15) is 6.42 Å². The Hall–Kier alpha value is -3.41. The number of anilines is 1. The van der Waals surface area contributed by atoms with Gasteiger partial charge in [0, 0.05) is 28.9 Å². The average Bonchev–Trinajstić information content (AvgIpc) is 3.11. The summed E-state index contributed by atoms with van der Waals surface area (Å²) in [5.41, 5.74) is 2.37. The molecule has 0 unspecified atom stereocenters. The summed E-state index contributed by atoms with van der Waals surface area (Å²) in [5, 5.41) is 8.67. The molecule has 2 aromatic heterocycles. The van der Waals surface area contributed by atoms with Crippen LogP contribution in [0.25, 0.3) is 21.8 Å². The Balaban J connectivity index is 1.52. The van der Waals surface area contributed by atoms with Crippen molar-refractivity contribution in [3.8, 4) is 0 Å².